The monoisotopic (exact) mass is 369 g/mol. The molecular formula is C21H31N5O. The van der Waals surface area contributed by atoms with Gasteiger partial charge in [0.15, 0.2) is 5.82 Å². The lowest BCUT2D eigenvalue weighted by molar-refractivity contribution is 0.0451. The molecule has 1 unspecified atom stereocenters. The molecule has 146 valence electrons. The van der Waals surface area contributed by atoms with Crippen molar-refractivity contribution < 1.29 is 4.74 Å². The predicted octanol–water partition coefficient (Wildman–Crippen LogP) is 2.79. The summed E-state index contributed by atoms with van der Waals surface area (Å²) in [6.45, 7) is 9.19. The molecule has 0 amide bonds. The highest BCUT2D eigenvalue weighted by atomic mass is 16.5. The quantitative estimate of drug-likeness (QED) is 0.878. The van der Waals surface area contributed by atoms with E-state index in [4.69, 9.17) is 4.74 Å². The molecule has 1 aromatic carbocycles. The average molecular weight is 370 g/mol. The first-order valence-corrected chi connectivity index (χ1v) is 10.2. The highest BCUT2D eigenvalue weighted by Gasteiger charge is 2.30. The number of benzene rings is 1. The highest BCUT2D eigenvalue weighted by Crippen LogP contribution is 2.28. The van der Waals surface area contributed by atoms with Gasteiger partial charge in [-0.05, 0) is 37.7 Å². The van der Waals surface area contributed by atoms with Crippen molar-refractivity contribution in [3.05, 3.63) is 47.5 Å². The normalized spacial score (nSPS) is 23.4. The molecule has 1 N–H and O–H groups in total. The van der Waals surface area contributed by atoms with Crippen LogP contribution in [0.25, 0.3) is 0 Å². The van der Waals surface area contributed by atoms with Crippen LogP contribution >= 0.6 is 0 Å². The Morgan fingerprint density at radius 1 is 1.07 bits per heavy atom. The van der Waals surface area contributed by atoms with Crippen LogP contribution in [0.5, 0.6) is 0 Å². The van der Waals surface area contributed by atoms with E-state index >= 15 is 0 Å². The summed E-state index contributed by atoms with van der Waals surface area (Å²) in [5.41, 5.74) is 1.39. The minimum Gasteiger partial charge on any atom is -0.381 e. The largest absolute Gasteiger partial charge is 0.381 e. The molecule has 2 fully saturated rings. The molecule has 1 aromatic heterocycles. The zero-order chi connectivity index (χ0) is 18.5. The Bertz CT molecular complexity index is 698. The number of nitrogens with one attached hydrogen (secondary N) is 1. The van der Waals surface area contributed by atoms with E-state index in [1.54, 1.807) is 0 Å². The fourth-order valence-corrected chi connectivity index (χ4v) is 4.31. The molecule has 6 heteroatoms. The van der Waals surface area contributed by atoms with E-state index in [9.17, 15) is 0 Å². The van der Waals surface area contributed by atoms with Crippen LogP contribution in [0.2, 0.25) is 0 Å². The number of H-pyrrole nitrogens is 1. The van der Waals surface area contributed by atoms with Gasteiger partial charge in [0.25, 0.3) is 0 Å². The van der Waals surface area contributed by atoms with Crippen molar-refractivity contribution in [1.82, 2.24) is 25.0 Å². The van der Waals surface area contributed by atoms with Crippen molar-refractivity contribution in [3.63, 3.8) is 0 Å². The van der Waals surface area contributed by atoms with Crippen LogP contribution < -0.4 is 0 Å². The lowest BCUT2D eigenvalue weighted by Crippen LogP contribution is -2.37. The summed E-state index contributed by atoms with van der Waals surface area (Å²) in [4.78, 5) is 9.88. The van der Waals surface area contributed by atoms with E-state index in [0.717, 1.165) is 69.9 Å². The second-order valence-corrected chi connectivity index (χ2v) is 7.90. The Balaban J connectivity index is 1.46. The third-order valence-electron chi connectivity index (χ3n) is 5.86. The molecule has 27 heavy (non-hydrogen) atoms. The molecule has 2 aliphatic heterocycles. The highest BCUT2D eigenvalue weighted by molar-refractivity contribution is 5.14. The topological polar surface area (TPSA) is 57.3 Å². The Morgan fingerprint density at radius 3 is 2.63 bits per heavy atom. The lowest BCUT2D eigenvalue weighted by atomic mass is 9.98. The summed E-state index contributed by atoms with van der Waals surface area (Å²) in [6.07, 6.45) is 3.42. The molecule has 0 bridgehead atoms. The summed E-state index contributed by atoms with van der Waals surface area (Å²) in [7, 11) is 0. The van der Waals surface area contributed by atoms with E-state index in [-0.39, 0.29) is 0 Å². The van der Waals surface area contributed by atoms with Crippen LogP contribution in [0.4, 0.5) is 0 Å². The van der Waals surface area contributed by atoms with Crippen LogP contribution in [-0.2, 0) is 11.3 Å². The van der Waals surface area contributed by atoms with Crippen LogP contribution in [0.15, 0.2) is 30.3 Å². The third-order valence-corrected chi connectivity index (χ3v) is 5.86. The third kappa shape index (κ3) is 4.94. The van der Waals surface area contributed by atoms with E-state index in [2.05, 4.69) is 55.3 Å². The maximum absolute atomic E-state index is 5.56. The van der Waals surface area contributed by atoms with E-state index in [0.29, 0.717) is 6.04 Å². The molecule has 3 heterocycles. The summed E-state index contributed by atoms with van der Waals surface area (Å²) < 4.78 is 5.56. The van der Waals surface area contributed by atoms with Gasteiger partial charge in [-0.3, -0.25) is 14.9 Å². The van der Waals surface area contributed by atoms with Gasteiger partial charge in [-0.2, -0.15) is 5.10 Å². The molecule has 2 saturated heterocycles. The Hall–Kier alpha value is -1.76. The van der Waals surface area contributed by atoms with Crippen molar-refractivity contribution in [2.45, 2.75) is 38.8 Å². The Labute approximate surface area is 161 Å². The molecule has 2 aromatic rings. The second-order valence-electron chi connectivity index (χ2n) is 7.90. The molecule has 4 rings (SSSR count). The maximum Gasteiger partial charge on any atom is 0.167 e. The van der Waals surface area contributed by atoms with Gasteiger partial charge < -0.3 is 4.74 Å². The van der Waals surface area contributed by atoms with Crippen molar-refractivity contribution >= 4 is 0 Å². The molecule has 1 atom stereocenters. The van der Waals surface area contributed by atoms with Crippen molar-refractivity contribution in [1.29, 1.82) is 0 Å². The lowest BCUT2D eigenvalue weighted by Gasteiger charge is -2.33. The Morgan fingerprint density at radius 2 is 1.89 bits per heavy atom. The van der Waals surface area contributed by atoms with Crippen molar-refractivity contribution in [2.75, 3.05) is 39.4 Å². The van der Waals surface area contributed by atoms with E-state index in [1.165, 1.54) is 18.4 Å². The molecule has 6 nitrogen and oxygen atoms in total. The van der Waals surface area contributed by atoms with Crippen LogP contribution in [-0.4, -0.2) is 64.4 Å². The van der Waals surface area contributed by atoms with Crippen molar-refractivity contribution in [3.8, 4) is 0 Å². The predicted molar refractivity (Wildman–Crippen MR) is 105 cm³/mol. The maximum atomic E-state index is 5.56. The smallest absolute Gasteiger partial charge is 0.167 e. The van der Waals surface area contributed by atoms with Gasteiger partial charge in [-0.25, -0.2) is 4.98 Å². The molecule has 0 saturated carbocycles. The average Bonchev–Trinajstić information content (AvgIpc) is 3.03. The number of aryl methyl sites for hydroxylation is 1. The number of rotatable bonds is 5. The SMILES string of the molecule is Cc1nc(C2CCN(Cc3ccccc3)CCN2CC2CCOCC2)n[nH]1. The van der Waals surface area contributed by atoms with Crippen molar-refractivity contribution in [2.24, 2.45) is 5.92 Å². The molecule has 0 aliphatic carbocycles. The number of hydrogen-bond acceptors (Lipinski definition) is 5. The zero-order valence-corrected chi connectivity index (χ0v) is 16.3. The van der Waals surface area contributed by atoms with Gasteiger partial charge in [0.2, 0.25) is 0 Å². The van der Waals surface area contributed by atoms with Gasteiger partial charge in [0.05, 0.1) is 6.04 Å². The van der Waals surface area contributed by atoms with Gasteiger partial charge in [-0.1, -0.05) is 30.3 Å². The number of hydrogen-bond donors (Lipinski definition) is 1. The zero-order valence-electron chi connectivity index (χ0n) is 16.3. The first-order valence-electron chi connectivity index (χ1n) is 10.2. The van der Waals surface area contributed by atoms with Crippen LogP contribution in [0, 0.1) is 12.8 Å². The minimum absolute atomic E-state index is 0.304. The Kier molecular flexibility index (Phi) is 6.17. The van der Waals surface area contributed by atoms with Gasteiger partial charge in [0.1, 0.15) is 5.82 Å². The summed E-state index contributed by atoms with van der Waals surface area (Å²) in [6, 6.07) is 11.1. The van der Waals surface area contributed by atoms with Crippen LogP contribution in [0.1, 0.15) is 42.5 Å². The van der Waals surface area contributed by atoms with Crippen LogP contribution in [0.3, 0.4) is 0 Å². The summed E-state index contributed by atoms with van der Waals surface area (Å²) in [5, 5.41) is 7.55. The fraction of sp³-hybridized carbons (Fsp3) is 0.619. The fourth-order valence-electron chi connectivity index (χ4n) is 4.31. The number of ether oxygens (including phenoxy) is 1. The summed E-state index contributed by atoms with van der Waals surface area (Å²) >= 11 is 0. The van der Waals surface area contributed by atoms with Gasteiger partial charge in [-0.15, -0.1) is 0 Å². The second kappa shape index (κ2) is 8.95. The van der Waals surface area contributed by atoms with Gasteiger partial charge >= 0.3 is 0 Å². The number of aromatic amines is 1. The number of nitrogens with zero attached hydrogens (tertiary/aromatic N) is 4. The number of aromatic nitrogens is 3. The standard InChI is InChI=1S/C21H31N5O/c1-17-22-21(24-23-17)20-7-10-25(15-18-5-3-2-4-6-18)11-12-26(20)16-19-8-13-27-14-9-19/h2-6,19-20H,7-16H2,1H3,(H,22,23,24). The summed E-state index contributed by atoms with van der Waals surface area (Å²) in [5.74, 6) is 2.59. The first kappa shape index (κ1) is 18.6. The van der Waals surface area contributed by atoms with E-state index in [1.807, 2.05) is 6.92 Å². The molecule has 0 radical (unpaired) electrons. The van der Waals surface area contributed by atoms with Gasteiger partial charge in [0, 0.05) is 45.9 Å². The first-order chi connectivity index (χ1) is 13.3. The molecular weight excluding hydrogens is 338 g/mol. The minimum atomic E-state index is 0.304. The molecule has 0 spiro atoms. The van der Waals surface area contributed by atoms with E-state index < -0.39 is 0 Å². The molecule has 2 aliphatic rings.